The highest BCUT2D eigenvalue weighted by molar-refractivity contribution is 6.06. The van der Waals surface area contributed by atoms with Gasteiger partial charge >= 0.3 is 0 Å². The SMILES string of the molecule is NC1CCC(c2ccccc2CCNc2cccc3c2CN(C2CCC(=O)NC2=O)C3=O)CC1. The lowest BCUT2D eigenvalue weighted by molar-refractivity contribution is -0.136. The average Bonchev–Trinajstić information content (AvgIpc) is 3.17. The highest BCUT2D eigenvalue weighted by atomic mass is 16.2. The summed E-state index contributed by atoms with van der Waals surface area (Å²) in [5.41, 5.74) is 11.4. The maximum atomic E-state index is 13.0. The number of nitrogens with one attached hydrogen (secondary N) is 2. The fourth-order valence-corrected chi connectivity index (χ4v) is 5.67. The monoisotopic (exact) mass is 460 g/mol. The van der Waals surface area contributed by atoms with Crippen LogP contribution >= 0.6 is 0 Å². The summed E-state index contributed by atoms with van der Waals surface area (Å²) in [4.78, 5) is 38.5. The molecule has 1 unspecified atom stereocenters. The molecule has 4 N–H and O–H groups in total. The number of piperidine rings is 1. The van der Waals surface area contributed by atoms with Crippen molar-refractivity contribution in [2.24, 2.45) is 5.73 Å². The van der Waals surface area contributed by atoms with Crippen LogP contribution in [0.2, 0.25) is 0 Å². The number of amides is 3. The van der Waals surface area contributed by atoms with Crippen LogP contribution in [0.5, 0.6) is 0 Å². The van der Waals surface area contributed by atoms with Crippen molar-refractivity contribution in [2.75, 3.05) is 11.9 Å². The van der Waals surface area contributed by atoms with Gasteiger partial charge in [0, 0.05) is 42.4 Å². The first-order valence-corrected chi connectivity index (χ1v) is 12.3. The molecule has 7 nitrogen and oxygen atoms in total. The van der Waals surface area contributed by atoms with Crippen LogP contribution in [0.3, 0.4) is 0 Å². The second-order valence-electron chi connectivity index (χ2n) is 9.72. The molecule has 1 saturated heterocycles. The lowest BCUT2D eigenvalue weighted by Gasteiger charge is -2.29. The van der Waals surface area contributed by atoms with Gasteiger partial charge in [0.05, 0.1) is 0 Å². The molecule has 1 atom stereocenters. The molecule has 3 amide bonds. The Kier molecular flexibility index (Phi) is 6.37. The smallest absolute Gasteiger partial charge is 0.255 e. The zero-order valence-electron chi connectivity index (χ0n) is 19.4. The predicted octanol–water partition coefficient (Wildman–Crippen LogP) is 3.09. The number of anilines is 1. The molecule has 2 fully saturated rings. The van der Waals surface area contributed by atoms with E-state index in [1.54, 1.807) is 4.90 Å². The van der Waals surface area contributed by atoms with Crippen LogP contribution in [-0.4, -0.2) is 41.2 Å². The van der Waals surface area contributed by atoms with Gasteiger partial charge in [-0.1, -0.05) is 30.3 Å². The molecule has 0 spiro atoms. The maximum Gasteiger partial charge on any atom is 0.255 e. The Labute approximate surface area is 200 Å². The quantitative estimate of drug-likeness (QED) is 0.575. The molecule has 0 bridgehead atoms. The van der Waals surface area contributed by atoms with Gasteiger partial charge in [0.25, 0.3) is 5.91 Å². The lowest BCUT2D eigenvalue weighted by Crippen LogP contribution is -2.52. The minimum absolute atomic E-state index is 0.144. The van der Waals surface area contributed by atoms with Gasteiger partial charge in [-0.2, -0.15) is 0 Å². The molecule has 1 saturated carbocycles. The highest BCUT2D eigenvalue weighted by Gasteiger charge is 2.39. The molecular weight excluding hydrogens is 428 g/mol. The molecule has 2 aromatic carbocycles. The van der Waals surface area contributed by atoms with Crippen molar-refractivity contribution in [1.29, 1.82) is 0 Å². The standard InChI is InChI=1S/C27H32N4O3/c28-19-10-8-18(9-11-19)20-5-2-1-4-17(20)14-15-29-23-7-3-6-21-22(23)16-31(27(21)34)24-12-13-25(32)30-26(24)33/h1-7,18-19,24,29H,8-16,28H2,(H,30,32,33). The van der Waals surface area contributed by atoms with Gasteiger partial charge in [-0.05, 0) is 67.7 Å². The lowest BCUT2D eigenvalue weighted by atomic mass is 9.80. The summed E-state index contributed by atoms with van der Waals surface area (Å²) < 4.78 is 0. The number of imide groups is 1. The molecule has 0 aromatic heterocycles. The first-order chi connectivity index (χ1) is 16.5. The number of rotatable bonds is 6. The van der Waals surface area contributed by atoms with E-state index in [2.05, 4.69) is 34.9 Å². The van der Waals surface area contributed by atoms with Crippen molar-refractivity contribution in [1.82, 2.24) is 10.2 Å². The first-order valence-electron chi connectivity index (χ1n) is 12.3. The van der Waals surface area contributed by atoms with E-state index in [4.69, 9.17) is 5.73 Å². The summed E-state index contributed by atoms with van der Waals surface area (Å²) in [7, 11) is 0. The van der Waals surface area contributed by atoms with Crippen LogP contribution in [0.1, 0.15) is 71.5 Å². The molecule has 34 heavy (non-hydrogen) atoms. The zero-order chi connectivity index (χ0) is 23.7. The minimum Gasteiger partial charge on any atom is -0.384 e. The van der Waals surface area contributed by atoms with Crippen LogP contribution in [-0.2, 0) is 22.6 Å². The second kappa shape index (κ2) is 9.58. The molecule has 2 aliphatic heterocycles. The van der Waals surface area contributed by atoms with Crippen molar-refractivity contribution in [3.63, 3.8) is 0 Å². The summed E-state index contributed by atoms with van der Waals surface area (Å²) in [5.74, 6) is -0.220. The Morgan fingerprint density at radius 2 is 1.76 bits per heavy atom. The first kappa shape index (κ1) is 22.6. The van der Waals surface area contributed by atoms with Crippen LogP contribution in [0.4, 0.5) is 5.69 Å². The fraction of sp³-hybridized carbons (Fsp3) is 0.444. The third-order valence-corrected chi connectivity index (χ3v) is 7.56. The summed E-state index contributed by atoms with van der Waals surface area (Å²) in [6, 6.07) is 14.1. The van der Waals surface area contributed by atoms with E-state index in [1.165, 1.54) is 11.1 Å². The van der Waals surface area contributed by atoms with Gasteiger partial charge in [0.15, 0.2) is 0 Å². The number of hydrogen-bond acceptors (Lipinski definition) is 5. The molecule has 2 aromatic rings. The molecule has 7 heteroatoms. The third-order valence-electron chi connectivity index (χ3n) is 7.56. The van der Waals surface area contributed by atoms with Gasteiger partial charge in [-0.15, -0.1) is 0 Å². The van der Waals surface area contributed by atoms with Crippen LogP contribution in [0.15, 0.2) is 42.5 Å². The fourth-order valence-electron chi connectivity index (χ4n) is 5.67. The van der Waals surface area contributed by atoms with Crippen molar-refractivity contribution in [3.05, 3.63) is 64.7 Å². The van der Waals surface area contributed by atoms with Gasteiger partial charge < -0.3 is 16.0 Å². The van der Waals surface area contributed by atoms with E-state index < -0.39 is 6.04 Å². The second-order valence-corrected chi connectivity index (χ2v) is 9.72. The number of carbonyl (C=O) groups excluding carboxylic acids is 3. The molecule has 178 valence electrons. The number of carbonyl (C=O) groups is 3. The van der Waals surface area contributed by atoms with E-state index in [0.29, 0.717) is 30.5 Å². The van der Waals surface area contributed by atoms with Crippen molar-refractivity contribution < 1.29 is 14.4 Å². The topological polar surface area (TPSA) is 105 Å². The Bertz CT molecular complexity index is 1110. The zero-order valence-corrected chi connectivity index (χ0v) is 19.4. The minimum atomic E-state index is -0.596. The Hall–Kier alpha value is -3.19. The number of nitrogens with two attached hydrogens (primary N) is 1. The normalized spacial score (nSPS) is 24.7. The van der Waals surface area contributed by atoms with Crippen molar-refractivity contribution in [3.8, 4) is 0 Å². The summed E-state index contributed by atoms with van der Waals surface area (Å²) in [6.45, 7) is 1.13. The molecule has 5 rings (SSSR count). The van der Waals surface area contributed by atoms with Crippen LogP contribution in [0.25, 0.3) is 0 Å². The van der Waals surface area contributed by atoms with E-state index in [0.717, 1.165) is 49.9 Å². The van der Waals surface area contributed by atoms with E-state index in [9.17, 15) is 14.4 Å². The van der Waals surface area contributed by atoms with Gasteiger partial charge in [-0.25, -0.2) is 0 Å². The molecule has 1 aliphatic carbocycles. The number of benzene rings is 2. The third kappa shape index (κ3) is 4.44. The number of fused-ring (bicyclic) bond motifs is 1. The van der Waals surface area contributed by atoms with Gasteiger partial charge in [0.2, 0.25) is 11.8 Å². The van der Waals surface area contributed by atoms with Crippen LogP contribution in [0, 0.1) is 0 Å². The predicted molar refractivity (Wildman–Crippen MR) is 130 cm³/mol. The maximum absolute atomic E-state index is 13.0. The van der Waals surface area contributed by atoms with E-state index in [1.807, 2.05) is 18.2 Å². The average molecular weight is 461 g/mol. The Morgan fingerprint density at radius 1 is 0.971 bits per heavy atom. The molecular formula is C27H32N4O3. The largest absolute Gasteiger partial charge is 0.384 e. The Morgan fingerprint density at radius 3 is 2.56 bits per heavy atom. The molecule has 0 radical (unpaired) electrons. The van der Waals surface area contributed by atoms with E-state index in [-0.39, 0.29) is 24.1 Å². The van der Waals surface area contributed by atoms with Gasteiger partial charge in [0.1, 0.15) is 6.04 Å². The summed E-state index contributed by atoms with van der Waals surface area (Å²) in [5, 5.41) is 5.90. The molecule has 2 heterocycles. The van der Waals surface area contributed by atoms with Crippen LogP contribution < -0.4 is 16.4 Å². The van der Waals surface area contributed by atoms with Crippen molar-refractivity contribution >= 4 is 23.4 Å². The number of hydrogen-bond donors (Lipinski definition) is 3. The Balaban J connectivity index is 1.26. The van der Waals surface area contributed by atoms with Gasteiger partial charge in [-0.3, -0.25) is 19.7 Å². The summed E-state index contributed by atoms with van der Waals surface area (Å²) >= 11 is 0. The van der Waals surface area contributed by atoms with Crippen molar-refractivity contribution in [2.45, 2.75) is 69.5 Å². The summed E-state index contributed by atoms with van der Waals surface area (Å²) in [6.07, 6.45) is 6.00. The highest BCUT2D eigenvalue weighted by Crippen LogP contribution is 2.35. The molecule has 3 aliphatic rings. The van der Waals surface area contributed by atoms with E-state index >= 15 is 0 Å². The number of nitrogens with zero attached hydrogens (tertiary/aromatic N) is 1.